The largest absolute Gasteiger partial charge is 0.381 e. The van der Waals surface area contributed by atoms with Gasteiger partial charge in [0, 0.05) is 61.8 Å². The molecule has 2 aliphatic rings. The number of anilines is 2. The summed E-state index contributed by atoms with van der Waals surface area (Å²) in [5.74, 6) is -1.48. The molecule has 1 saturated heterocycles. The minimum Gasteiger partial charge on any atom is -0.381 e. The molecule has 2 N–H and O–H groups in total. The number of amides is 1. The second-order valence-electron chi connectivity index (χ2n) is 8.70. The lowest BCUT2D eigenvalue weighted by Crippen LogP contribution is -2.31. The first kappa shape index (κ1) is 31.9. The highest BCUT2D eigenvalue weighted by Gasteiger charge is 2.29. The van der Waals surface area contributed by atoms with Crippen LogP contribution >= 0.6 is 0 Å². The van der Waals surface area contributed by atoms with Crippen molar-refractivity contribution in [1.82, 2.24) is 29.8 Å². The third-order valence-corrected chi connectivity index (χ3v) is 6.15. The summed E-state index contributed by atoms with van der Waals surface area (Å²) in [5, 5.41) is 14.5. The summed E-state index contributed by atoms with van der Waals surface area (Å²) in [5.41, 5.74) is 2.51. The smallest absolute Gasteiger partial charge is 0.210 e. The van der Waals surface area contributed by atoms with Gasteiger partial charge in [0.15, 0.2) is 17.5 Å². The quantitative estimate of drug-likeness (QED) is 0.434. The Morgan fingerprint density at radius 2 is 1.74 bits per heavy atom. The number of carbonyl (C=O) groups is 1. The number of nitrogens with zero attached hydrogens (tertiary/aromatic N) is 5. The highest BCUT2D eigenvalue weighted by molar-refractivity contribution is 5.69. The van der Waals surface area contributed by atoms with E-state index in [4.69, 9.17) is 9.84 Å². The number of halogens is 2. The van der Waals surface area contributed by atoms with Gasteiger partial charge in [0.25, 0.3) is 0 Å². The topological polar surface area (TPSA) is 89.2 Å². The van der Waals surface area contributed by atoms with E-state index < -0.39 is 11.6 Å². The first-order chi connectivity index (χ1) is 19.0. The number of fused-ring (bicyclic) bond motifs is 1. The van der Waals surface area contributed by atoms with Crippen LogP contribution in [0.15, 0.2) is 24.5 Å². The molecule has 1 fully saturated rings. The number of rotatable bonds is 5. The van der Waals surface area contributed by atoms with Crippen molar-refractivity contribution in [1.29, 1.82) is 0 Å². The standard InChI is InChI=1S/C22H24F2N6O2.C2H7N.2C2H6/c1-28-11-14(10-25-28)16-2-3-18(21(24)20(16)23)26-22-17-12-29(13-31)7-4-19(17)30(27-22)15-5-8-32-9-6-15;1-3-2;2*1-2/h2-3,10-11,13,15H,4-9,12H2,1H3,(H,26,27);3H,1-2H3;2*1-2H3. The fourth-order valence-corrected chi connectivity index (χ4v) is 4.45. The van der Waals surface area contributed by atoms with Crippen LogP contribution in [0, 0.1) is 11.6 Å². The van der Waals surface area contributed by atoms with Crippen molar-refractivity contribution in [2.45, 2.75) is 59.5 Å². The molecule has 0 spiro atoms. The number of carbonyl (C=O) groups excluding carboxylic acids is 1. The molecule has 5 rings (SSSR count). The van der Waals surface area contributed by atoms with Crippen LogP contribution in [0.25, 0.3) is 11.1 Å². The van der Waals surface area contributed by atoms with Crippen molar-refractivity contribution in [2.24, 2.45) is 7.05 Å². The monoisotopic (exact) mass is 547 g/mol. The van der Waals surface area contributed by atoms with E-state index in [1.54, 1.807) is 18.1 Å². The molecule has 0 saturated carbocycles. The lowest BCUT2D eigenvalue weighted by atomic mass is 10.0. The molecule has 2 aromatic heterocycles. The predicted octanol–water partition coefficient (Wildman–Crippen LogP) is 5.06. The molecule has 1 aromatic carbocycles. The molecule has 4 heterocycles. The Morgan fingerprint density at radius 1 is 1.08 bits per heavy atom. The molecule has 216 valence electrons. The third-order valence-electron chi connectivity index (χ3n) is 6.15. The normalized spacial score (nSPS) is 14.5. The summed E-state index contributed by atoms with van der Waals surface area (Å²) < 4.78 is 38.9. The van der Waals surface area contributed by atoms with Crippen LogP contribution in [-0.2, 0) is 29.5 Å². The molecular weight excluding hydrogens is 504 g/mol. The first-order valence-electron chi connectivity index (χ1n) is 13.7. The van der Waals surface area contributed by atoms with E-state index in [0.29, 0.717) is 44.1 Å². The Labute approximate surface area is 230 Å². The number of aromatic nitrogens is 4. The zero-order valence-corrected chi connectivity index (χ0v) is 24.2. The maximum atomic E-state index is 15.0. The summed E-state index contributed by atoms with van der Waals surface area (Å²) >= 11 is 0. The highest BCUT2D eigenvalue weighted by atomic mass is 19.2. The van der Waals surface area contributed by atoms with Crippen molar-refractivity contribution < 1.29 is 18.3 Å². The Morgan fingerprint density at radius 3 is 2.33 bits per heavy atom. The molecule has 0 bridgehead atoms. The van der Waals surface area contributed by atoms with Crippen molar-refractivity contribution in [3.8, 4) is 11.1 Å². The lowest BCUT2D eigenvalue weighted by Gasteiger charge is -2.28. The zero-order chi connectivity index (χ0) is 28.9. The summed E-state index contributed by atoms with van der Waals surface area (Å²) in [6.07, 6.45) is 6.27. The Bertz CT molecular complexity index is 1170. The van der Waals surface area contributed by atoms with Gasteiger partial charge in [0.05, 0.1) is 24.5 Å². The van der Waals surface area contributed by atoms with Crippen LogP contribution in [0.3, 0.4) is 0 Å². The summed E-state index contributed by atoms with van der Waals surface area (Å²) in [7, 11) is 5.47. The van der Waals surface area contributed by atoms with Gasteiger partial charge < -0.3 is 20.3 Å². The van der Waals surface area contributed by atoms with E-state index >= 15 is 0 Å². The van der Waals surface area contributed by atoms with Gasteiger partial charge in [0.1, 0.15) is 0 Å². The van der Waals surface area contributed by atoms with E-state index in [1.165, 1.54) is 23.0 Å². The van der Waals surface area contributed by atoms with E-state index in [0.717, 1.165) is 30.5 Å². The number of hydrogen-bond donors (Lipinski definition) is 2. The minimum absolute atomic E-state index is 0.00204. The molecule has 0 atom stereocenters. The third kappa shape index (κ3) is 7.63. The number of aryl methyl sites for hydroxylation is 1. The molecule has 1 amide bonds. The van der Waals surface area contributed by atoms with Crippen molar-refractivity contribution >= 4 is 17.9 Å². The minimum atomic E-state index is -0.983. The molecule has 9 nitrogen and oxygen atoms in total. The Balaban J connectivity index is 0.000000700. The molecule has 0 aliphatic carbocycles. The molecule has 0 unspecified atom stereocenters. The number of benzene rings is 1. The highest BCUT2D eigenvalue weighted by Crippen LogP contribution is 2.35. The Hall–Kier alpha value is -3.31. The van der Waals surface area contributed by atoms with Gasteiger partial charge in [0.2, 0.25) is 6.41 Å². The number of nitrogens with one attached hydrogen (secondary N) is 2. The van der Waals surface area contributed by atoms with Crippen molar-refractivity contribution in [3.63, 3.8) is 0 Å². The van der Waals surface area contributed by atoms with Crippen LogP contribution in [-0.4, -0.2) is 64.7 Å². The molecular formula is C28H43F2N7O2. The number of ether oxygens (including phenoxy) is 1. The maximum Gasteiger partial charge on any atom is 0.210 e. The van der Waals surface area contributed by atoms with E-state index in [2.05, 4.69) is 15.7 Å². The second-order valence-corrected chi connectivity index (χ2v) is 8.70. The van der Waals surface area contributed by atoms with Crippen LogP contribution in [0.5, 0.6) is 0 Å². The van der Waals surface area contributed by atoms with Crippen LogP contribution in [0.2, 0.25) is 0 Å². The van der Waals surface area contributed by atoms with Crippen LogP contribution < -0.4 is 10.6 Å². The zero-order valence-electron chi connectivity index (χ0n) is 24.2. The molecule has 39 heavy (non-hydrogen) atoms. The van der Waals surface area contributed by atoms with Gasteiger partial charge >= 0.3 is 0 Å². The average molecular weight is 548 g/mol. The second kappa shape index (κ2) is 15.9. The average Bonchev–Trinajstić information content (AvgIpc) is 3.57. The summed E-state index contributed by atoms with van der Waals surface area (Å²) in [4.78, 5) is 13.0. The van der Waals surface area contributed by atoms with Gasteiger partial charge in [-0.2, -0.15) is 10.2 Å². The van der Waals surface area contributed by atoms with Gasteiger partial charge in [-0.3, -0.25) is 14.2 Å². The SMILES string of the molecule is CC.CC.CNC.Cn1cc(-c2ccc(Nc3nn(C4CCOCC4)c4c3CN(C=O)CC4)c(F)c2F)cn1. The van der Waals surface area contributed by atoms with Crippen molar-refractivity contribution in [3.05, 3.63) is 47.4 Å². The molecule has 3 aromatic rings. The maximum absolute atomic E-state index is 15.0. The predicted molar refractivity (Wildman–Crippen MR) is 151 cm³/mol. The van der Waals surface area contributed by atoms with E-state index in [9.17, 15) is 13.6 Å². The fourth-order valence-electron chi connectivity index (χ4n) is 4.45. The van der Waals surface area contributed by atoms with E-state index in [1.807, 2.05) is 46.5 Å². The fraction of sp³-hybridized carbons (Fsp3) is 0.536. The van der Waals surface area contributed by atoms with Gasteiger partial charge in [-0.1, -0.05) is 27.7 Å². The van der Waals surface area contributed by atoms with Gasteiger partial charge in [-0.05, 0) is 39.1 Å². The van der Waals surface area contributed by atoms with Gasteiger partial charge in [-0.25, -0.2) is 8.78 Å². The van der Waals surface area contributed by atoms with Gasteiger partial charge in [-0.15, -0.1) is 0 Å². The van der Waals surface area contributed by atoms with Crippen LogP contribution in [0.1, 0.15) is 57.8 Å². The molecule has 2 aliphatic heterocycles. The molecule has 0 radical (unpaired) electrons. The number of hydrogen-bond acceptors (Lipinski definition) is 6. The lowest BCUT2D eigenvalue weighted by molar-refractivity contribution is -0.118. The summed E-state index contributed by atoms with van der Waals surface area (Å²) in [6, 6.07) is 3.21. The van der Waals surface area contributed by atoms with E-state index in [-0.39, 0.29) is 17.3 Å². The summed E-state index contributed by atoms with van der Waals surface area (Å²) in [6.45, 7) is 10.3. The first-order valence-corrected chi connectivity index (χ1v) is 13.7. The van der Waals surface area contributed by atoms with Crippen molar-refractivity contribution in [2.75, 3.05) is 39.2 Å². The Kier molecular flexibility index (Phi) is 13.0. The molecule has 11 heteroatoms. The van der Waals surface area contributed by atoms with Crippen LogP contribution in [0.4, 0.5) is 20.3 Å².